The molecule has 0 bridgehead atoms. The topological polar surface area (TPSA) is 55.8 Å². The van der Waals surface area contributed by atoms with E-state index in [9.17, 15) is 9.59 Å². The summed E-state index contributed by atoms with van der Waals surface area (Å²) in [5.41, 5.74) is 1.35. The van der Waals surface area contributed by atoms with Crippen molar-refractivity contribution < 1.29 is 19.1 Å². The summed E-state index contributed by atoms with van der Waals surface area (Å²) in [6.07, 6.45) is 2.18. The molecule has 1 saturated heterocycles. The number of ether oxygens (including phenoxy) is 2. The summed E-state index contributed by atoms with van der Waals surface area (Å²) in [5, 5.41) is 0. The average molecular weight is 339 g/mol. The fraction of sp³-hybridized carbons (Fsp3) is 0.300. The third-order valence-electron chi connectivity index (χ3n) is 4.34. The Labute approximate surface area is 147 Å². The molecule has 1 atom stereocenters. The first-order valence-electron chi connectivity index (χ1n) is 8.38. The summed E-state index contributed by atoms with van der Waals surface area (Å²) >= 11 is 0. The van der Waals surface area contributed by atoms with Gasteiger partial charge in [-0.15, -0.1) is 0 Å². The molecular weight excluding hydrogens is 318 g/mol. The fourth-order valence-electron chi connectivity index (χ4n) is 3.08. The van der Waals surface area contributed by atoms with Crippen molar-refractivity contribution in [2.24, 2.45) is 0 Å². The van der Waals surface area contributed by atoms with E-state index in [2.05, 4.69) is 9.64 Å². The largest absolute Gasteiger partial charge is 0.465 e. The van der Waals surface area contributed by atoms with Crippen LogP contribution < -0.4 is 4.74 Å². The molecule has 0 aromatic heterocycles. The molecular formula is C20H21NO4. The van der Waals surface area contributed by atoms with Gasteiger partial charge in [0.15, 0.2) is 0 Å². The summed E-state index contributed by atoms with van der Waals surface area (Å²) in [6, 6.07) is 15.7. The van der Waals surface area contributed by atoms with Gasteiger partial charge in [0, 0.05) is 0 Å². The van der Waals surface area contributed by atoms with E-state index in [0.717, 1.165) is 31.5 Å². The Morgan fingerprint density at radius 2 is 1.60 bits per heavy atom. The summed E-state index contributed by atoms with van der Waals surface area (Å²) in [4.78, 5) is 26.5. The Hall–Kier alpha value is -2.66. The van der Waals surface area contributed by atoms with Crippen molar-refractivity contribution in [2.45, 2.75) is 18.9 Å². The van der Waals surface area contributed by atoms with Gasteiger partial charge in [-0.25, -0.2) is 9.59 Å². The summed E-state index contributed by atoms with van der Waals surface area (Å²) in [6.45, 7) is 1.77. The van der Waals surface area contributed by atoms with Crippen LogP contribution in [-0.4, -0.2) is 37.0 Å². The van der Waals surface area contributed by atoms with E-state index in [4.69, 9.17) is 4.74 Å². The van der Waals surface area contributed by atoms with Gasteiger partial charge in [-0.3, -0.25) is 4.90 Å². The number of benzene rings is 2. The van der Waals surface area contributed by atoms with Crippen LogP contribution in [0.3, 0.4) is 0 Å². The van der Waals surface area contributed by atoms with Crippen molar-refractivity contribution >= 4 is 11.9 Å². The maximum atomic E-state index is 12.8. The second-order valence-corrected chi connectivity index (χ2v) is 5.99. The zero-order valence-electron chi connectivity index (χ0n) is 14.2. The quantitative estimate of drug-likeness (QED) is 0.618. The van der Waals surface area contributed by atoms with Gasteiger partial charge in [0.05, 0.1) is 12.7 Å². The Balaban J connectivity index is 1.77. The van der Waals surface area contributed by atoms with Gasteiger partial charge in [0.25, 0.3) is 0 Å². The summed E-state index contributed by atoms with van der Waals surface area (Å²) in [5.74, 6) is -0.311. The molecule has 25 heavy (non-hydrogen) atoms. The van der Waals surface area contributed by atoms with Crippen LogP contribution in [0.4, 0.5) is 0 Å². The van der Waals surface area contributed by atoms with E-state index in [1.54, 1.807) is 24.3 Å². The maximum Gasteiger partial charge on any atom is 0.337 e. The Morgan fingerprint density at radius 1 is 0.960 bits per heavy atom. The Morgan fingerprint density at radius 3 is 2.20 bits per heavy atom. The number of methoxy groups -OCH3 is 1. The number of rotatable bonds is 5. The second-order valence-electron chi connectivity index (χ2n) is 5.99. The second kappa shape index (κ2) is 7.94. The average Bonchev–Trinajstić information content (AvgIpc) is 3.17. The van der Waals surface area contributed by atoms with Crippen molar-refractivity contribution in [1.29, 1.82) is 0 Å². The minimum absolute atomic E-state index is 0.307. The highest BCUT2D eigenvalue weighted by atomic mass is 16.5. The third kappa shape index (κ3) is 4.06. The molecule has 130 valence electrons. The highest BCUT2D eigenvalue weighted by Gasteiger charge is 2.31. The lowest BCUT2D eigenvalue weighted by atomic mass is 10.1. The van der Waals surface area contributed by atoms with Crippen molar-refractivity contribution in [3.05, 3.63) is 65.7 Å². The first-order valence-corrected chi connectivity index (χ1v) is 8.38. The molecule has 0 saturated carbocycles. The molecule has 0 N–H and O–H groups in total. The van der Waals surface area contributed by atoms with Crippen LogP contribution >= 0.6 is 0 Å². The smallest absolute Gasteiger partial charge is 0.337 e. The van der Waals surface area contributed by atoms with E-state index >= 15 is 0 Å². The van der Waals surface area contributed by atoms with E-state index in [0.29, 0.717) is 11.3 Å². The van der Waals surface area contributed by atoms with Crippen LogP contribution in [-0.2, 0) is 9.53 Å². The predicted molar refractivity (Wildman–Crippen MR) is 93.4 cm³/mol. The molecule has 2 aromatic rings. The molecule has 0 spiro atoms. The first-order chi connectivity index (χ1) is 12.2. The lowest BCUT2D eigenvalue weighted by Gasteiger charge is -2.26. The molecule has 0 amide bonds. The molecule has 0 radical (unpaired) electrons. The van der Waals surface area contributed by atoms with E-state index in [1.807, 2.05) is 30.3 Å². The van der Waals surface area contributed by atoms with E-state index in [1.165, 1.54) is 7.11 Å². The standard InChI is InChI=1S/C20H21NO4/c1-24-19(22)16-9-11-17(12-10-16)25-20(23)18(21-13-5-6-14-21)15-7-3-2-4-8-15/h2-4,7-12,18H,5-6,13-14H2,1H3. The van der Waals surface area contributed by atoms with Gasteiger partial charge in [-0.05, 0) is 55.8 Å². The molecule has 2 aromatic carbocycles. The molecule has 1 fully saturated rings. The maximum absolute atomic E-state index is 12.8. The number of hydrogen-bond donors (Lipinski definition) is 0. The SMILES string of the molecule is COC(=O)c1ccc(OC(=O)C(c2ccccc2)N2CCCC2)cc1. The van der Waals surface area contributed by atoms with E-state index < -0.39 is 12.0 Å². The van der Waals surface area contributed by atoms with Crippen LogP contribution in [0.15, 0.2) is 54.6 Å². The lowest BCUT2D eigenvalue weighted by molar-refractivity contribution is -0.140. The zero-order valence-corrected chi connectivity index (χ0v) is 14.2. The Kier molecular flexibility index (Phi) is 5.46. The minimum atomic E-state index is -0.419. The molecule has 1 aliphatic rings. The molecule has 5 heteroatoms. The number of nitrogens with zero attached hydrogens (tertiary/aromatic N) is 1. The monoisotopic (exact) mass is 339 g/mol. The van der Waals surface area contributed by atoms with Crippen LogP contribution in [0.5, 0.6) is 5.75 Å². The van der Waals surface area contributed by atoms with Crippen molar-refractivity contribution in [3.63, 3.8) is 0 Å². The number of hydrogen-bond acceptors (Lipinski definition) is 5. The van der Waals surface area contributed by atoms with Crippen molar-refractivity contribution in [1.82, 2.24) is 4.90 Å². The molecule has 1 aliphatic heterocycles. The molecule has 5 nitrogen and oxygen atoms in total. The fourth-order valence-corrected chi connectivity index (χ4v) is 3.08. The van der Waals surface area contributed by atoms with Crippen molar-refractivity contribution in [2.75, 3.05) is 20.2 Å². The number of carbonyl (C=O) groups is 2. The highest BCUT2D eigenvalue weighted by Crippen LogP contribution is 2.27. The van der Waals surface area contributed by atoms with Crippen LogP contribution in [0.1, 0.15) is 34.8 Å². The highest BCUT2D eigenvalue weighted by molar-refractivity contribution is 5.89. The molecule has 3 rings (SSSR count). The van der Waals surface area contributed by atoms with Crippen molar-refractivity contribution in [3.8, 4) is 5.75 Å². The van der Waals surface area contributed by atoms with Crippen LogP contribution in [0.25, 0.3) is 0 Å². The van der Waals surface area contributed by atoms with Gasteiger partial charge in [0.1, 0.15) is 11.8 Å². The van der Waals surface area contributed by atoms with Gasteiger partial charge >= 0.3 is 11.9 Å². The van der Waals surface area contributed by atoms with Gasteiger partial charge in [-0.2, -0.15) is 0 Å². The van der Waals surface area contributed by atoms with Gasteiger partial charge < -0.3 is 9.47 Å². The molecule has 0 aliphatic carbocycles. The number of carbonyl (C=O) groups excluding carboxylic acids is 2. The Bertz CT molecular complexity index is 721. The van der Waals surface area contributed by atoms with Gasteiger partial charge in [-0.1, -0.05) is 30.3 Å². The normalized spacial score (nSPS) is 15.6. The lowest BCUT2D eigenvalue weighted by Crippen LogP contribution is -2.34. The molecule has 1 heterocycles. The zero-order chi connectivity index (χ0) is 17.6. The summed E-state index contributed by atoms with van der Waals surface area (Å²) in [7, 11) is 1.33. The van der Waals surface area contributed by atoms with E-state index in [-0.39, 0.29) is 5.97 Å². The number of esters is 2. The summed E-state index contributed by atoms with van der Waals surface area (Å²) < 4.78 is 10.2. The van der Waals surface area contributed by atoms with Crippen LogP contribution in [0.2, 0.25) is 0 Å². The van der Waals surface area contributed by atoms with Gasteiger partial charge in [0.2, 0.25) is 0 Å². The predicted octanol–water partition coefficient (Wildman–Crippen LogP) is 3.22. The first kappa shape index (κ1) is 17.2. The number of likely N-dealkylation sites (tertiary alicyclic amines) is 1. The molecule has 1 unspecified atom stereocenters. The van der Waals surface area contributed by atoms with Crippen LogP contribution in [0, 0.1) is 0 Å². The third-order valence-corrected chi connectivity index (χ3v) is 4.34. The minimum Gasteiger partial charge on any atom is -0.465 e.